The zero-order chi connectivity index (χ0) is 13.2. The van der Waals surface area contributed by atoms with E-state index in [1.807, 2.05) is 0 Å². The molecule has 0 heterocycles. The predicted octanol–water partition coefficient (Wildman–Crippen LogP) is 4.32. The van der Waals surface area contributed by atoms with E-state index in [0.717, 1.165) is 11.6 Å². The molecule has 1 nitrogen and oxygen atoms in total. The molecule has 0 amide bonds. The number of hydrogen-bond donors (Lipinski definition) is 1. The van der Waals surface area contributed by atoms with Crippen LogP contribution in [-0.2, 0) is 6.18 Å². The molecular formula is C12H13ClF3N. The highest BCUT2D eigenvalue weighted by molar-refractivity contribution is 6.32. The van der Waals surface area contributed by atoms with Crippen LogP contribution in [0.3, 0.4) is 0 Å². The number of nitrogens with two attached hydrogens (primary N) is 1. The van der Waals surface area contributed by atoms with E-state index in [4.69, 9.17) is 17.3 Å². The van der Waals surface area contributed by atoms with Gasteiger partial charge in [-0.3, -0.25) is 0 Å². The Hall–Kier alpha value is -1.00. The largest absolute Gasteiger partial charge is 0.417 e. The van der Waals surface area contributed by atoms with Gasteiger partial charge >= 0.3 is 6.18 Å². The SMILES string of the molecule is C=C(C)C[C@@H](N)c1cccc(C(F)(F)F)c1Cl. The Bertz CT molecular complexity index is 426. The lowest BCUT2D eigenvalue weighted by Crippen LogP contribution is -2.14. The van der Waals surface area contributed by atoms with Crippen molar-refractivity contribution < 1.29 is 13.2 Å². The second-order valence-corrected chi connectivity index (χ2v) is 4.35. The van der Waals surface area contributed by atoms with Crippen molar-refractivity contribution >= 4 is 11.6 Å². The van der Waals surface area contributed by atoms with Crippen LogP contribution in [0, 0.1) is 0 Å². The highest BCUT2D eigenvalue weighted by Gasteiger charge is 2.34. The van der Waals surface area contributed by atoms with Crippen molar-refractivity contribution in [2.24, 2.45) is 5.73 Å². The van der Waals surface area contributed by atoms with Gasteiger partial charge in [-0.15, -0.1) is 6.58 Å². The van der Waals surface area contributed by atoms with Gasteiger partial charge in [0.05, 0.1) is 10.6 Å². The first-order valence-electron chi connectivity index (χ1n) is 4.99. The Balaban J connectivity index is 3.15. The summed E-state index contributed by atoms with van der Waals surface area (Å²) >= 11 is 5.74. The van der Waals surface area contributed by atoms with Gasteiger partial charge in [-0.05, 0) is 25.0 Å². The smallest absolute Gasteiger partial charge is 0.324 e. The average Bonchev–Trinajstić information content (AvgIpc) is 2.14. The summed E-state index contributed by atoms with van der Waals surface area (Å²) in [5, 5.41) is -0.325. The van der Waals surface area contributed by atoms with Crippen molar-refractivity contribution in [3.63, 3.8) is 0 Å². The molecule has 0 aliphatic carbocycles. The Kier molecular flexibility index (Phi) is 4.22. The Morgan fingerprint density at radius 3 is 2.53 bits per heavy atom. The van der Waals surface area contributed by atoms with E-state index in [1.165, 1.54) is 12.1 Å². The Labute approximate surface area is 103 Å². The predicted molar refractivity (Wildman–Crippen MR) is 62.8 cm³/mol. The standard InChI is InChI=1S/C12H13ClF3N/c1-7(2)6-10(17)8-4-3-5-9(11(8)13)12(14,15)16/h3-5,10H,1,6,17H2,2H3/t10-/m1/s1. The number of benzene rings is 1. The van der Waals surface area contributed by atoms with Crippen molar-refractivity contribution in [3.8, 4) is 0 Å². The van der Waals surface area contributed by atoms with Crippen LogP contribution in [0.15, 0.2) is 30.4 Å². The van der Waals surface area contributed by atoms with Gasteiger partial charge in [0.2, 0.25) is 0 Å². The molecule has 0 unspecified atom stereocenters. The van der Waals surface area contributed by atoms with Crippen molar-refractivity contribution in [3.05, 3.63) is 46.5 Å². The first-order valence-corrected chi connectivity index (χ1v) is 5.37. The zero-order valence-electron chi connectivity index (χ0n) is 9.31. The third-order valence-corrected chi connectivity index (χ3v) is 2.72. The average molecular weight is 264 g/mol. The van der Waals surface area contributed by atoms with Crippen molar-refractivity contribution in [2.45, 2.75) is 25.6 Å². The van der Waals surface area contributed by atoms with Gasteiger partial charge in [0.25, 0.3) is 0 Å². The summed E-state index contributed by atoms with van der Waals surface area (Å²) in [6, 6.07) is 3.19. The third-order valence-electron chi connectivity index (χ3n) is 2.30. The van der Waals surface area contributed by atoms with E-state index in [9.17, 15) is 13.2 Å². The monoisotopic (exact) mass is 263 g/mol. The lowest BCUT2D eigenvalue weighted by Gasteiger charge is -2.17. The highest BCUT2D eigenvalue weighted by atomic mass is 35.5. The number of alkyl halides is 3. The summed E-state index contributed by atoms with van der Waals surface area (Å²) in [5.74, 6) is 0. The molecule has 0 aliphatic heterocycles. The first kappa shape index (κ1) is 14.1. The van der Waals surface area contributed by atoms with Gasteiger partial charge in [-0.1, -0.05) is 29.3 Å². The molecule has 1 aromatic rings. The first-order chi connectivity index (χ1) is 7.73. The number of hydrogen-bond acceptors (Lipinski definition) is 1. The van der Waals surface area contributed by atoms with Gasteiger partial charge in [0.15, 0.2) is 0 Å². The molecular weight excluding hydrogens is 251 g/mol. The van der Waals surface area contributed by atoms with Crippen molar-refractivity contribution in [1.29, 1.82) is 0 Å². The van der Waals surface area contributed by atoms with Crippen LogP contribution in [0.2, 0.25) is 5.02 Å². The molecule has 0 aromatic heterocycles. The van der Waals surface area contributed by atoms with Gasteiger partial charge in [-0.2, -0.15) is 13.2 Å². The van der Waals surface area contributed by atoms with Gasteiger partial charge < -0.3 is 5.73 Å². The lowest BCUT2D eigenvalue weighted by atomic mass is 9.99. The molecule has 0 bridgehead atoms. The van der Waals surface area contributed by atoms with E-state index in [0.29, 0.717) is 12.0 Å². The molecule has 0 aliphatic rings. The van der Waals surface area contributed by atoms with E-state index in [-0.39, 0.29) is 5.02 Å². The molecule has 1 rings (SSSR count). The zero-order valence-corrected chi connectivity index (χ0v) is 10.1. The summed E-state index contributed by atoms with van der Waals surface area (Å²) in [4.78, 5) is 0. The molecule has 1 atom stereocenters. The topological polar surface area (TPSA) is 26.0 Å². The molecule has 2 N–H and O–H groups in total. The minimum Gasteiger partial charge on any atom is -0.324 e. The van der Waals surface area contributed by atoms with Crippen LogP contribution in [0.1, 0.15) is 30.5 Å². The Morgan fingerprint density at radius 2 is 2.06 bits per heavy atom. The molecule has 5 heteroatoms. The van der Waals surface area contributed by atoms with Gasteiger partial charge in [0.1, 0.15) is 0 Å². The van der Waals surface area contributed by atoms with E-state index in [2.05, 4.69) is 6.58 Å². The molecule has 94 valence electrons. The summed E-state index contributed by atoms with van der Waals surface area (Å²) < 4.78 is 37.8. The fraction of sp³-hybridized carbons (Fsp3) is 0.333. The second-order valence-electron chi connectivity index (χ2n) is 3.97. The molecule has 1 aromatic carbocycles. The maximum atomic E-state index is 12.6. The summed E-state index contributed by atoms with van der Waals surface area (Å²) in [7, 11) is 0. The van der Waals surface area contributed by atoms with E-state index < -0.39 is 17.8 Å². The second kappa shape index (κ2) is 5.10. The van der Waals surface area contributed by atoms with E-state index in [1.54, 1.807) is 6.92 Å². The van der Waals surface area contributed by atoms with E-state index >= 15 is 0 Å². The lowest BCUT2D eigenvalue weighted by molar-refractivity contribution is -0.137. The summed E-state index contributed by atoms with van der Waals surface area (Å²) in [5.41, 5.74) is 6.04. The van der Waals surface area contributed by atoms with Gasteiger partial charge in [0, 0.05) is 6.04 Å². The number of halogens is 4. The minimum atomic E-state index is -4.46. The molecule has 17 heavy (non-hydrogen) atoms. The maximum absolute atomic E-state index is 12.6. The van der Waals surface area contributed by atoms with Crippen LogP contribution in [0.25, 0.3) is 0 Å². The summed E-state index contributed by atoms with van der Waals surface area (Å²) in [6.45, 7) is 5.44. The van der Waals surface area contributed by atoms with Crippen LogP contribution in [0.5, 0.6) is 0 Å². The quantitative estimate of drug-likeness (QED) is 0.808. The van der Waals surface area contributed by atoms with Crippen LogP contribution in [-0.4, -0.2) is 0 Å². The summed E-state index contributed by atoms with van der Waals surface area (Å²) in [6.07, 6.45) is -4.06. The molecule has 0 spiro atoms. The van der Waals surface area contributed by atoms with Crippen LogP contribution >= 0.6 is 11.6 Å². The van der Waals surface area contributed by atoms with Crippen molar-refractivity contribution in [1.82, 2.24) is 0 Å². The normalized spacial score (nSPS) is 13.5. The fourth-order valence-electron chi connectivity index (χ4n) is 1.54. The Morgan fingerprint density at radius 1 is 1.47 bits per heavy atom. The van der Waals surface area contributed by atoms with Crippen molar-refractivity contribution in [2.75, 3.05) is 0 Å². The highest BCUT2D eigenvalue weighted by Crippen LogP contribution is 2.38. The molecule has 0 saturated heterocycles. The molecule has 0 fully saturated rings. The fourth-order valence-corrected chi connectivity index (χ4v) is 1.91. The van der Waals surface area contributed by atoms with Crippen LogP contribution < -0.4 is 5.73 Å². The maximum Gasteiger partial charge on any atom is 0.417 e. The van der Waals surface area contributed by atoms with Gasteiger partial charge in [-0.25, -0.2) is 0 Å². The molecule has 0 saturated carbocycles. The molecule has 0 radical (unpaired) electrons. The number of rotatable bonds is 3. The van der Waals surface area contributed by atoms with Crippen LogP contribution in [0.4, 0.5) is 13.2 Å². The minimum absolute atomic E-state index is 0.296. The third kappa shape index (κ3) is 3.48.